The number of nitrogens with one attached hydrogen (secondary N) is 1. The molecule has 1 atom stereocenters. The lowest BCUT2D eigenvalue weighted by Crippen LogP contribution is -2.46. The van der Waals surface area contributed by atoms with Crippen LogP contribution in [0.4, 0.5) is 4.79 Å². The maximum absolute atomic E-state index is 12.7. The van der Waals surface area contributed by atoms with Gasteiger partial charge in [-0.25, -0.2) is 9.78 Å². The van der Waals surface area contributed by atoms with Crippen LogP contribution in [0, 0.1) is 5.92 Å². The Morgan fingerprint density at radius 1 is 1.22 bits per heavy atom. The third-order valence-corrected chi connectivity index (χ3v) is 6.09. The van der Waals surface area contributed by atoms with Crippen molar-refractivity contribution >= 4 is 6.03 Å². The first-order chi connectivity index (χ1) is 13.1. The molecule has 0 radical (unpaired) electrons. The highest BCUT2D eigenvalue weighted by atomic mass is 16.2. The smallest absolute Gasteiger partial charge is 0.317 e. The van der Waals surface area contributed by atoms with Crippen LogP contribution in [0.5, 0.6) is 0 Å². The summed E-state index contributed by atoms with van der Waals surface area (Å²) >= 11 is 0. The minimum absolute atomic E-state index is 0.121. The topological polar surface area (TPSA) is 53.4 Å². The SMILES string of the molecule is CN(C)CCCn1ccnc1C1CCCN(C(=O)NCC2CCCCC2)C1. The molecule has 2 heterocycles. The van der Waals surface area contributed by atoms with Crippen molar-refractivity contribution in [1.29, 1.82) is 0 Å². The van der Waals surface area contributed by atoms with Crippen LogP contribution in [0.2, 0.25) is 0 Å². The molecule has 1 unspecified atom stereocenters. The van der Waals surface area contributed by atoms with E-state index < -0.39 is 0 Å². The van der Waals surface area contributed by atoms with Crippen LogP contribution in [0.1, 0.15) is 63.1 Å². The van der Waals surface area contributed by atoms with Gasteiger partial charge in [-0.1, -0.05) is 19.3 Å². The van der Waals surface area contributed by atoms with Gasteiger partial charge in [-0.2, -0.15) is 0 Å². The van der Waals surface area contributed by atoms with E-state index in [1.165, 1.54) is 32.1 Å². The molecule has 2 fully saturated rings. The molecule has 1 saturated carbocycles. The number of carbonyl (C=O) groups excluding carboxylic acids is 1. The number of hydrogen-bond acceptors (Lipinski definition) is 3. The largest absolute Gasteiger partial charge is 0.338 e. The number of hydrogen-bond donors (Lipinski definition) is 1. The number of aromatic nitrogens is 2. The van der Waals surface area contributed by atoms with Crippen LogP contribution in [0.3, 0.4) is 0 Å². The number of amides is 2. The first-order valence-corrected chi connectivity index (χ1v) is 10.8. The van der Waals surface area contributed by atoms with E-state index >= 15 is 0 Å². The van der Waals surface area contributed by atoms with Crippen molar-refractivity contribution in [2.24, 2.45) is 5.92 Å². The highest BCUT2D eigenvalue weighted by Crippen LogP contribution is 2.26. The second kappa shape index (κ2) is 10.1. The fourth-order valence-corrected chi connectivity index (χ4v) is 4.53. The van der Waals surface area contributed by atoms with Gasteiger partial charge in [-0.05, 0) is 58.7 Å². The molecule has 1 saturated heterocycles. The van der Waals surface area contributed by atoms with Crippen molar-refractivity contribution in [2.75, 3.05) is 40.3 Å². The molecule has 1 aliphatic carbocycles. The Hall–Kier alpha value is -1.56. The zero-order valence-corrected chi connectivity index (χ0v) is 17.2. The molecule has 3 rings (SSSR count). The Morgan fingerprint density at radius 2 is 2.04 bits per heavy atom. The zero-order valence-electron chi connectivity index (χ0n) is 17.2. The summed E-state index contributed by atoms with van der Waals surface area (Å²) in [5, 5.41) is 3.20. The Kier molecular flexibility index (Phi) is 7.56. The van der Waals surface area contributed by atoms with Crippen molar-refractivity contribution in [3.63, 3.8) is 0 Å². The number of aryl methyl sites for hydroxylation is 1. The van der Waals surface area contributed by atoms with E-state index in [0.29, 0.717) is 11.8 Å². The molecular formula is C21H37N5O. The summed E-state index contributed by atoms with van der Waals surface area (Å²) in [5.41, 5.74) is 0. The van der Waals surface area contributed by atoms with Gasteiger partial charge in [-0.3, -0.25) is 0 Å². The molecule has 0 aromatic carbocycles. The fraction of sp³-hybridized carbons (Fsp3) is 0.810. The fourth-order valence-electron chi connectivity index (χ4n) is 4.53. The Labute approximate surface area is 164 Å². The van der Waals surface area contributed by atoms with E-state index in [1.807, 2.05) is 11.1 Å². The van der Waals surface area contributed by atoms with Crippen LogP contribution in [-0.2, 0) is 6.54 Å². The summed E-state index contributed by atoms with van der Waals surface area (Å²) in [6.45, 7) is 4.59. The first-order valence-electron chi connectivity index (χ1n) is 10.8. The highest BCUT2D eigenvalue weighted by molar-refractivity contribution is 5.74. The molecule has 2 amide bonds. The van der Waals surface area contributed by atoms with Crippen LogP contribution < -0.4 is 5.32 Å². The van der Waals surface area contributed by atoms with Gasteiger partial charge < -0.3 is 19.7 Å². The van der Waals surface area contributed by atoms with Crippen molar-refractivity contribution in [2.45, 2.75) is 63.8 Å². The van der Waals surface area contributed by atoms with Crippen molar-refractivity contribution in [1.82, 2.24) is 24.7 Å². The van der Waals surface area contributed by atoms with Gasteiger partial charge in [0, 0.05) is 44.5 Å². The monoisotopic (exact) mass is 375 g/mol. The van der Waals surface area contributed by atoms with E-state index in [-0.39, 0.29) is 6.03 Å². The predicted octanol–water partition coefficient (Wildman–Crippen LogP) is 3.30. The number of rotatable bonds is 7. The molecule has 6 nitrogen and oxygen atoms in total. The van der Waals surface area contributed by atoms with Crippen molar-refractivity contribution in [3.8, 4) is 0 Å². The molecule has 6 heteroatoms. The number of urea groups is 1. The third kappa shape index (κ3) is 5.96. The highest BCUT2D eigenvalue weighted by Gasteiger charge is 2.27. The lowest BCUT2D eigenvalue weighted by Gasteiger charge is -2.33. The van der Waals surface area contributed by atoms with Gasteiger partial charge in [0.1, 0.15) is 5.82 Å². The Balaban J connectivity index is 1.50. The van der Waals surface area contributed by atoms with E-state index in [9.17, 15) is 4.79 Å². The Bertz CT molecular complexity index is 579. The number of carbonyl (C=O) groups is 1. The van der Waals surface area contributed by atoms with E-state index in [2.05, 4.69) is 40.1 Å². The summed E-state index contributed by atoms with van der Waals surface area (Å²) < 4.78 is 2.29. The van der Waals surface area contributed by atoms with Crippen LogP contribution in [-0.4, -0.2) is 65.7 Å². The average Bonchev–Trinajstić information content (AvgIpc) is 3.15. The number of likely N-dealkylation sites (tertiary alicyclic amines) is 1. The van der Waals surface area contributed by atoms with Crippen LogP contribution >= 0.6 is 0 Å². The molecule has 0 spiro atoms. The molecule has 0 bridgehead atoms. The molecule has 27 heavy (non-hydrogen) atoms. The van der Waals surface area contributed by atoms with E-state index in [1.54, 1.807) is 0 Å². The van der Waals surface area contributed by atoms with Gasteiger partial charge in [0.25, 0.3) is 0 Å². The minimum Gasteiger partial charge on any atom is -0.338 e. The summed E-state index contributed by atoms with van der Waals surface area (Å²) in [5.74, 6) is 2.19. The second-order valence-electron chi connectivity index (χ2n) is 8.61. The van der Waals surface area contributed by atoms with Gasteiger partial charge in [0.15, 0.2) is 0 Å². The average molecular weight is 376 g/mol. The summed E-state index contributed by atoms with van der Waals surface area (Å²) in [7, 11) is 4.22. The van der Waals surface area contributed by atoms with Crippen LogP contribution in [0.25, 0.3) is 0 Å². The number of piperidine rings is 1. The number of nitrogens with zero attached hydrogens (tertiary/aromatic N) is 4. The van der Waals surface area contributed by atoms with Crippen molar-refractivity contribution < 1.29 is 4.79 Å². The van der Waals surface area contributed by atoms with Crippen LogP contribution in [0.15, 0.2) is 12.4 Å². The molecule has 1 aliphatic heterocycles. The lowest BCUT2D eigenvalue weighted by atomic mass is 9.89. The van der Waals surface area contributed by atoms with Gasteiger partial charge >= 0.3 is 6.03 Å². The Morgan fingerprint density at radius 3 is 2.81 bits per heavy atom. The molecule has 1 N–H and O–H groups in total. The molecule has 152 valence electrons. The standard InChI is InChI=1S/C21H37N5O/c1-24(2)12-7-14-25-15-11-22-20(25)19-10-6-13-26(17-19)21(27)23-16-18-8-4-3-5-9-18/h11,15,18-19H,3-10,12-14,16-17H2,1-2H3,(H,23,27). The zero-order chi connectivity index (χ0) is 19.1. The van der Waals surface area contributed by atoms with E-state index in [0.717, 1.165) is 57.8 Å². The normalized spacial score (nSPS) is 21.6. The van der Waals surface area contributed by atoms with Gasteiger partial charge in [-0.15, -0.1) is 0 Å². The summed E-state index contributed by atoms with van der Waals surface area (Å²) in [6, 6.07) is 0.121. The molecule has 2 aliphatic rings. The maximum atomic E-state index is 12.7. The van der Waals surface area contributed by atoms with Crippen molar-refractivity contribution in [3.05, 3.63) is 18.2 Å². The van der Waals surface area contributed by atoms with E-state index in [4.69, 9.17) is 0 Å². The summed E-state index contributed by atoms with van der Waals surface area (Å²) in [6.07, 6.45) is 13.9. The molecule has 1 aromatic rings. The third-order valence-electron chi connectivity index (χ3n) is 6.09. The second-order valence-corrected chi connectivity index (χ2v) is 8.61. The molecular weight excluding hydrogens is 338 g/mol. The maximum Gasteiger partial charge on any atom is 0.317 e. The molecule has 1 aromatic heterocycles. The lowest BCUT2D eigenvalue weighted by molar-refractivity contribution is 0.174. The predicted molar refractivity (Wildman–Crippen MR) is 109 cm³/mol. The quantitative estimate of drug-likeness (QED) is 0.795. The minimum atomic E-state index is 0.121. The van der Waals surface area contributed by atoms with Gasteiger partial charge in [0.2, 0.25) is 0 Å². The first kappa shape index (κ1) is 20.2. The number of imidazole rings is 1. The summed E-state index contributed by atoms with van der Waals surface area (Å²) in [4.78, 5) is 21.5. The van der Waals surface area contributed by atoms with Gasteiger partial charge in [0.05, 0.1) is 0 Å².